The van der Waals surface area contributed by atoms with Gasteiger partial charge in [0.25, 0.3) is 12.3 Å². The van der Waals surface area contributed by atoms with Gasteiger partial charge in [-0.3, -0.25) is 9.48 Å². The smallest absolute Gasteiger partial charge is 0.280 e. The van der Waals surface area contributed by atoms with Crippen molar-refractivity contribution in [3.05, 3.63) is 48.0 Å². The number of pyridine rings is 2. The van der Waals surface area contributed by atoms with Gasteiger partial charge in [-0.25, -0.2) is 18.7 Å². The van der Waals surface area contributed by atoms with Crippen molar-refractivity contribution in [2.75, 3.05) is 5.32 Å². The molecule has 0 atom stereocenters. The van der Waals surface area contributed by atoms with Crippen LogP contribution < -0.4 is 5.32 Å². The van der Waals surface area contributed by atoms with E-state index >= 15 is 0 Å². The van der Waals surface area contributed by atoms with Crippen LogP contribution in [0.4, 0.5) is 14.6 Å². The third kappa shape index (κ3) is 3.79. The van der Waals surface area contributed by atoms with Crippen LogP contribution in [-0.2, 0) is 0 Å². The van der Waals surface area contributed by atoms with Crippen molar-refractivity contribution < 1.29 is 13.6 Å². The number of anilines is 1. The summed E-state index contributed by atoms with van der Waals surface area (Å²) < 4.78 is 27.5. The Labute approximate surface area is 154 Å². The molecule has 3 heterocycles. The molecule has 27 heavy (non-hydrogen) atoms. The minimum Gasteiger partial charge on any atom is -0.305 e. The van der Waals surface area contributed by atoms with Gasteiger partial charge in [0.1, 0.15) is 22.7 Å². The second-order valence-electron chi connectivity index (χ2n) is 6.73. The molecule has 1 fully saturated rings. The van der Waals surface area contributed by atoms with E-state index in [1.165, 1.54) is 37.5 Å². The summed E-state index contributed by atoms with van der Waals surface area (Å²) >= 11 is 0. The number of rotatable bonds is 4. The second-order valence-corrected chi connectivity index (χ2v) is 6.73. The predicted molar refractivity (Wildman–Crippen MR) is 96.8 cm³/mol. The third-order valence-electron chi connectivity index (χ3n) is 4.83. The SMILES string of the molecule is O=C(Nc1cc2cn(C3CCCCC3)nc2cn1)c1cccc(C(F)F)n1. The number of alkyl halides is 2. The Bertz CT molecular complexity index is 966. The lowest BCUT2D eigenvalue weighted by Gasteiger charge is -2.21. The first-order chi connectivity index (χ1) is 13.1. The number of amides is 1. The summed E-state index contributed by atoms with van der Waals surface area (Å²) in [5, 5.41) is 8.08. The lowest BCUT2D eigenvalue weighted by atomic mass is 9.96. The molecule has 3 aromatic heterocycles. The Morgan fingerprint density at radius 2 is 2.04 bits per heavy atom. The fraction of sp³-hybridized carbons (Fsp3) is 0.368. The average molecular weight is 371 g/mol. The molecule has 0 aromatic carbocycles. The number of hydrogen-bond donors (Lipinski definition) is 1. The zero-order chi connectivity index (χ0) is 18.8. The van der Waals surface area contributed by atoms with Crippen molar-refractivity contribution in [2.24, 2.45) is 0 Å². The monoisotopic (exact) mass is 371 g/mol. The van der Waals surface area contributed by atoms with Crippen molar-refractivity contribution in [1.29, 1.82) is 0 Å². The largest absolute Gasteiger partial charge is 0.305 e. The predicted octanol–water partition coefficient (Wildman–Crippen LogP) is 4.52. The minimum absolute atomic E-state index is 0.0763. The molecule has 1 amide bonds. The molecular weight excluding hydrogens is 352 g/mol. The maximum atomic E-state index is 12.8. The molecular formula is C19H19F2N5O. The highest BCUT2D eigenvalue weighted by Gasteiger charge is 2.17. The summed E-state index contributed by atoms with van der Waals surface area (Å²) in [6.07, 6.45) is 6.80. The van der Waals surface area contributed by atoms with E-state index < -0.39 is 18.0 Å². The van der Waals surface area contributed by atoms with E-state index in [4.69, 9.17) is 0 Å². The highest BCUT2D eigenvalue weighted by molar-refractivity contribution is 6.03. The van der Waals surface area contributed by atoms with E-state index in [1.807, 2.05) is 10.9 Å². The molecule has 1 saturated carbocycles. The van der Waals surface area contributed by atoms with Crippen LogP contribution in [0.1, 0.15) is 60.8 Å². The van der Waals surface area contributed by atoms with Crippen molar-refractivity contribution in [1.82, 2.24) is 19.7 Å². The van der Waals surface area contributed by atoms with Gasteiger partial charge in [0.2, 0.25) is 0 Å². The normalized spacial score (nSPS) is 15.4. The maximum absolute atomic E-state index is 12.8. The highest BCUT2D eigenvalue weighted by atomic mass is 19.3. The summed E-state index contributed by atoms with van der Waals surface area (Å²) in [7, 11) is 0. The van der Waals surface area contributed by atoms with Crippen LogP contribution in [0.25, 0.3) is 10.9 Å². The summed E-state index contributed by atoms with van der Waals surface area (Å²) in [5.41, 5.74) is 0.254. The van der Waals surface area contributed by atoms with E-state index in [0.29, 0.717) is 11.9 Å². The average Bonchev–Trinajstić information content (AvgIpc) is 3.12. The molecule has 0 unspecified atom stereocenters. The molecule has 1 aliphatic carbocycles. The number of carbonyl (C=O) groups excluding carboxylic acids is 1. The van der Waals surface area contributed by atoms with Crippen molar-refractivity contribution in [3.8, 4) is 0 Å². The molecule has 6 nitrogen and oxygen atoms in total. The highest BCUT2D eigenvalue weighted by Crippen LogP contribution is 2.29. The lowest BCUT2D eigenvalue weighted by molar-refractivity contribution is 0.101. The summed E-state index contributed by atoms with van der Waals surface area (Å²) in [4.78, 5) is 20.2. The summed E-state index contributed by atoms with van der Waals surface area (Å²) in [5.74, 6) is -0.246. The summed E-state index contributed by atoms with van der Waals surface area (Å²) in [6, 6.07) is 6.10. The van der Waals surface area contributed by atoms with Crippen LogP contribution in [0, 0.1) is 0 Å². The molecule has 4 rings (SSSR count). The Balaban J connectivity index is 1.53. The Hall–Kier alpha value is -2.90. The molecule has 1 aliphatic rings. The molecule has 3 aromatic rings. The van der Waals surface area contributed by atoms with E-state index in [1.54, 1.807) is 12.3 Å². The first-order valence-electron chi connectivity index (χ1n) is 9.01. The quantitative estimate of drug-likeness (QED) is 0.732. The standard InChI is InChI=1S/C19H19F2N5O/c20-18(21)14-7-4-8-15(23-14)19(27)24-17-9-12-11-26(25-16(12)10-22-17)13-5-2-1-3-6-13/h4,7-11,13,18H,1-3,5-6H2,(H,24,27). The summed E-state index contributed by atoms with van der Waals surface area (Å²) in [6.45, 7) is 0. The number of aromatic nitrogens is 4. The number of nitrogens with zero attached hydrogens (tertiary/aromatic N) is 4. The van der Waals surface area contributed by atoms with Crippen LogP contribution in [0.2, 0.25) is 0 Å². The first kappa shape index (κ1) is 17.5. The van der Waals surface area contributed by atoms with Gasteiger partial charge in [-0.15, -0.1) is 0 Å². The van der Waals surface area contributed by atoms with Crippen LogP contribution in [0.5, 0.6) is 0 Å². The fourth-order valence-corrected chi connectivity index (χ4v) is 3.43. The zero-order valence-electron chi connectivity index (χ0n) is 14.6. The van der Waals surface area contributed by atoms with Crippen molar-refractivity contribution in [3.63, 3.8) is 0 Å². The van der Waals surface area contributed by atoms with Crippen LogP contribution in [0.3, 0.4) is 0 Å². The third-order valence-corrected chi connectivity index (χ3v) is 4.83. The topological polar surface area (TPSA) is 72.7 Å². The van der Waals surface area contributed by atoms with Crippen LogP contribution >= 0.6 is 0 Å². The number of hydrogen-bond acceptors (Lipinski definition) is 4. The van der Waals surface area contributed by atoms with Gasteiger partial charge in [-0.2, -0.15) is 5.10 Å². The van der Waals surface area contributed by atoms with E-state index in [0.717, 1.165) is 23.7 Å². The molecule has 0 saturated heterocycles. The number of halogens is 2. The Morgan fingerprint density at radius 3 is 2.81 bits per heavy atom. The fourth-order valence-electron chi connectivity index (χ4n) is 3.43. The van der Waals surface area contributed by atoms with Gasteiger partial charge in [-0.1, -0.05) is 25.3 Å². The first-order valence-corrected chi connectivity index (χ1v) is 9.01. The van der Waals surface area contributed by atoms with Gasteiger partial charge in [-0.05, 0) is 31.0 Å². The molecule has 8 heteroatoms. The molecule has 0 aliphatic heterocycles. The number of nitrogens with one attached hydrogen (secondary N) is 1. The van der Waals surface area contributed by atoms with Crippen LogP contribution in [0.15, 0.2) is 36.7 Å². The molecule has 0 radical (unpaired) electrons. The van der Waals surface area contributed by atoms with Gasteiger partial charge in [0, 0.05) is 11.6 Å². The molecule has 0 spiro atoms. The Kier molecular flexibility index (Phi) is 4.79. The van der Waals surface area contributed by atoms with Crippen molar-refractivity contribution >= 4 is 22.6 Å². The zero-order valence-corrected chi connectivity index (χ0v) is 14.6. The van der Waals surface area contributed by atoms with E-state index in [-0.39, 0.29) is 5.69 Å². The van der Waals surface area contributed by atoms with Gasteiger partial charge < -0.3 is 5.32 Å². The van der Waals surface area contributed by atoms with Crippen LogP contribution in [-0.4, -0.2) is 25.7 Å². The van der Waals surface area contributed by atoms with E-state index in [9.17, 15) is 13.6 Å². The van der Waals surface area contributed by atoms with Gasteiger partial charge in [0.05, 0.1) is 12.2 Å². The van der Waals surface area contributed by atoms with Gasteiger partial charge >= 0.3 is 0 Å². The van der Waals surface area contributed by atoms with Gasteiger partial charge in [0.15, 0.2) is 0 Å². The van der Waals surface area contributed by atoms with Crippen molar-refractivity contribution in [2.45, 2.75) is 44.6 Å². The Morgan fingerprint density at radius 1 is 1.22 bits per heavy atom. The lowest BCUT2D eigenvalue weighted by Crippen LogP contribution is -2.15. The molecule has 1 N–H and O–H groups in total. The molecule has 140 valence electrons. The number of carbonyl (C=O) groups is 1. The molecule has 0 bridgehead atoms. The number of fused-ring (bicyclic) bond motifs is 1. The maximum Gasteiger partial charge on any atom is 0.280 e. The minimum atomic E-state index is -2.72. The van der Waals surface area contributed by atoms with E-state index in [2.05, 4.69) is 20.4 Å². The second kappa shape index (κ2) is 7.38.